The number of amides is 1. The van der Waals surface area contributed by atoms with Gasteiger partial charge in [0.05, 0.1) is 0 Å². The topological polar surface area (TPSA) is 41.1 Å². The van der Waals surface area contributed by atoms with Gasteiger partial charge in [-0.1, -0.05) is 36.4 Å². The molecule has 0 aromatic heterocycles. The van der Waals surface area contributed by atoms with Crippen LogP contribution in [0, 0.1) is 6.92 Å². The molecule has 0 radical (unpaired) electrons. The van der Waals surface area contributed by atoms with Crippen LogP contribution < -0.4 is 10.6 Å². The maximum atomic E-state index is 12.1. The van der Waals surface area contributed by atoms with E-state index in [9.17, 15) is 4.79 Å². The lowest BCUT2D eigenvalue weighted by molar-refractivity contribution is 0.102. The third-order valence-corrected chi connectivity index (χ3v) is 3.60. The van der Waals surface area contributed by atoms with Gasteiger partial charge in [0.15, 0.2) is 0 Å². The zero-order valence-electron chi connectivity index (χ0n) is 12.9. The Bertz CT molecular complexity index is 795. The molecule has 0 saturated heterocycles. The second kappa shape index (κ2) is 6.79. The molecule has 3 rings (SSSR count). The van der Waals surface area contributed by atoms with Crippen molar-refractivity contribution in [2.24, 2.45) is 0 Å². The van der Waals surface area contributed by atoms with E-state index in [2.05, 4.69) is 23.6 Å². The van der Waals surface area contributed by atoms with Gasteiger partial charge in [0.2, 0.25) is 0 Å². The Kier molecular flexibility index (Phi) is 4.39. The molecule has 3 aromatic carbocycles. The molecule has 23 heavy (non-hydrogen) atoms. The standard InChI is InChI=1S/C20H18N2O/c1-15-7-5-6-10-19(15)21-17-11-13-18(14-12-17)22-20(23)16-8-3-2-4-9-16/h2-14,21H,1H3,(H,22,23). The van der Waals surface area contributed by atoms with Gasteiger partial charge in [-0.15, -0.1) is 0 Å². The van der Waals surface area contributed by atoms with Gasteiger partial charge < -0.3 is 10.6 Å². The van der Waals surface area contributed by atoms with Gasteiger partial charge in [0.1, 0.15) is 0 Å². The van der Waals surface area contributed by atoms with Crippen LogP contribution in [-0.2, 0) is 0 Å². The minimum Gasteiger partial charge on any atom is -0.355 e. The van der Waals surface area contributed by atoms with E-state index in [0.29, 0.717) is 5.56 Å². The molecule has 114 valence electrons. The largest absolute Gasteiger partial charge is 0.355 e. The third kappa shape index (κ3) is 3.77. The van der Waals surface area contributed by atoms with E-state index < -0.39 is 0 Å². The lowest BCUT2D eigenvalue weighted by atomic mass is 10.2. The van der Waals surface area contributed by atoms with Crippen molar-refractivity contribution < 1.29 is 4.79 Å². The Hall–Kier alpha value is -3.07. The van der Waals surface area contributed by atoms with Crippen molar-refractivity contribution in [3.8, 4) is 0 Å². The Morgan fingerprint density at radius 1 is 0.739 bits per heavy atom. The SMILES string of the molecule is Cc1ccccc1Nc1ccc(NC(=O)c2ccccc2)cc1. The average Bonchev–Trinajstić information content (AvgIpc) is 2.59. The molecule has 0 atom stereocenters. The van der Waals surface area contributed by atoms with Crippen LogP contribution in [0.15, 0.2) is 78.9 Å². The minimum atomic E-state index is -0.106. The molecule has 0 aliphatic carbocycles. The van der Waals surface area contributed by atoms with E-state index in [0.717, 1.165) is 17.1 Å². The van der Waals surface area contributed by atoms with Crippen molar-refractivity contribution in [1.29, 1.82) is 0 Å². The minimum absolute atomic E-state index is 0.106. The Balaban J connectivity index is 1.68. The summed E-state index contributed by atoms with van der Waals surface area (Å²) in [6.45, 7) is 2.07. The molecule has 2 N–H and O–H groups in total. The summed E-state index contributed by atoms with van der Waals surface area (Å²) in [4.78, 5) is 12.1. The van der Waals surface area contributed by atoms with Crippen LogP contribution in [0.5, 0.6) is 0 Å². The van der Waals surface area contributed by atoms with Crippen LogP contribution in [0.25, 0.3) is 0 Å². The van der Waals surface area contributed by atoms with Crippen LogP contribution in [-0.4, -0.2) is 5.91 Å². The highest BCUT2D eigenvalue weighted by Gasteiger charge is 2.05. The summed E-state index contributed by atoms with van der Waals surface area (Å²) in [6, 6.07) is 25.0. The van der Waals surface area contributed by atoms with Crippen LogP contribution >= 0.6 is 0 Å². The molecule has 3 aromatic rings. The van der Waals surface area contributed by atoms with Gasteiger partial charge in [-0.25, -0.2) is 0 Å². The van der Waals surface area contributed by atoms with Gasteiger partial charge in [-0.2, -0.15) is 0 Å². The number of rotatable bonds is 4. The number of para-hydroxylation sites is 1. The molecule has 0 heterocycles. The number of hydrogen-bond donors (Lipinski definition) is 2. The first kappa shape index (κ1) is 14.9. The fourth-order valence-corrected chi connectivity index (χ4v) is 2.30. The zero-order chi connectivity index (χ0) is 16.1. The molecular formula is C20H18N2O. The molecule has 0 saturated carbocycles. The Morgan fingerprint density at radius 3 is 2.04 bits per heavy atom. The lowest BCUT2D eigenvalue weighted by Crippen LogP contribution is -2.11. The van der Waals surface area contributed by atoms with Gasteiger partial charge >= 0.3 is 0 Å². The van der Waals surface area contributed by atoms with E-state index in [-0.39, 0.29) is 5.91 Å². The quantitative estimate of drug-likeness (QED) is 0.712. The molecule has 0 fully saturated rings. The van der Waals surface area contributed by atoms with E-state index >= 15 is 0 Å². The summed E-state index contributed by atoms with van der Waals surface area (Å²) in [5.41, 5.74) is 4.67. The van der Waals surface area contributed by atoms with Crippen LogP contribution in [0.3, 0.4) is 0 Å². The fourth-order valence-electron chi connectivity index (χ4n) is 2.30. The highest BCUT2D eigenvalue weighted by atomic mass is 16.1. The predicted molar refractivity (Wildman–Crippen MR) is 95.3 cm³/mol. The van der Waals surface area contributed by atoms with Crippen molar-refractivity contribution in [1.82, 2.24) is 0 Å². The molecule has 0 unspecified atom stereocenters. The smallest absolute Gasteiger partial charge is 0.255 e. The highest BCUT2D eigenvalue weighted by molar-refractivity contribution is 6.04. The van der Waals surface area contributed by atoms with Crippen molar-refractivity contribution in [3.63, 3.8) is 0 Å². The summed E-state index contributed by atoms with van der Waals surface area (Å²) in [7, 11) is 0. The van der Waals surface area contributed by atoms with Crippen LogP contribution in [0.1, 0.15) is 15.9 Å². The summed E-state index contributed by atoms with van der Waals surface area (Å²) < 4.78 is 0. The van der Waals surface area contributed by atoms with Crippen molar-refractivity contribution in [2.75, 3.05) is 10.6 Å². The van der Waals surface area contributed by atoms with Gasteiger partial charge in [-0.3, -0.25) is 4.79 Å². The zero-order valence-corrected chi connectivity index (χ0v) is 12.9. The van der Waals surface area contributed by atoms with Crippen molar-refractivity contribution in [3.05, 3.63) is 90.0 Å². The number of nitrogens with one attached hydrogen (secondary N) is 2. The maximum absolute atomic E-state index is 12.1. The molecule has 0 bridgehead atoms. The first-order chi connectivity index (χ1) is 11.2. The predicted octanol–water partition coefficient (Wildman–Crippen LogP) is 4.99. The average molecular weight is 302 g/mol. The highest BCUT2D eigenvalue weighted by Crippen LogP contribution is 2.21. The van der Waals surface area contributed by atoms with Gasteiger partial charge in [0, 0.05) is 22.6 Å². The van der Waals surface area contributed by atoms with E-state index in [4.69, 9.17) is 0 Å². The number of aryl methyl sites for hydroxylation is 1. The molecule has 3 nitrogen and oxygen atoms in total. The second-order valence-electron chi connectivity index (χ2n) is 5.34. The first-order valence-electron chi connectivity index (χ1n) is 7.51. The molecule has 0 aliphatic rings. The summed E-state index contributed by atoms with van der Waals surface area (Å²) in [6.07, 6.45) is 0. The van der Waals surface area contributed by atoms with Gasteiger partial charge in [-0.05, 0) is 55.0 Å². The van der Waals surface area contributed by atoms with Gasteiger partial charge in [0.25, 0.3) is 5.91 Å². The molecule has 3 heteroatoms. The number of carbonyl (C=O) groups excluding carboxylic acids is 1. The molecule has 0 aliphatic heterocycles. The summed E-state index contributed by atoms with van der Waals surface area (Å²) >= 11 is 0. The Labute approximate surface area is 136 Å². The second-order valence-corrected chi connectivity index (χ2v) is 5.34. The number of hydrogen-bond acceptors (Lipinski definition) is 2. The van der Waals surface area contributed by atoms with E-state index in [1.165, 1.54) is 5.56 Å². The van der Waals surface area contributed by atoms with Crippen molar-refractivity contribution in [2.45, 2.75) is 6.92 Å². The van der Waals surface area contributed by atoms with Crippen LogP contribution in [0.2, 0.25) is 0 Å². The molecule has 0 spiro atoms. The lowest BCUT2D eigenvalue weighted by Gasteiger charge is -2.10. The Morgan fingerprint density at radius 2 is 1.35 bits per heavy atom. The molecular weight excluding hydrogens is 284 g/mol. The fraction of sp³-hybridized carbons (Fsp3) is 0.0500. The van der Waals surface area contributed by atoms with E-state index in [1.807, 2.05) is 60.7 Å². The summed E-state index contributed by atoms with van der Waals surface area (Å²) in [5, 5.41) is 6.27. The molecule has 1 amide bonds. The van der Waals surface area contributed by atoms with Crippen LogP contribution in [0.4, 0.5) is 17.1 Å². The number of anilines is 3. The maximum Gasteiger partial charge on any atom is 0.255 e. The number of carbonyl (C=O) groups is 1. The number of benzene rings is 3. The summed E-state index contributed by atoms with van der Waals surface area (Å²) in [5.74, 6) is -0.106. The first-order valence-corrected chi connectivity index (χ1v) is 7.51. The third-order valence-electron chi connectivity index (χ3n) is 3.60. The monoisotopic (exact) mass is 302 g/mol. The van der Waals surface area contributed by atoms with Crippen molar-refractivity contribution >= 4 is 23.0 Å². The van der Waals surface area contributed by atoms with E-state index in [1.54, 1.807) is 12.1 Å². The normalized spacial score (nSPS) is 10.1.